The smallest absolute Gasteiger partial charge is 0.452 e. The van der Waals surface area contributed by atoms with Crippen LogP contribution in [-0.2, 0) is 23.9 Å². The molecule has 0 aromatic rings. The molecule has 0 saturated carbocycles. The topological polar surface area (TPSA) is 74.2 Å². The number of allylic oxidation sites excluding steroid dienone is 1. The molecule has 114 valence electrons. The summed E-state index contributed by atoms with van der Waals surface area (Å²) in [6.45, 7) is 2.71. The molecule has 0 aliphatic rings. The van der Waals surface area contributed by atoms with Gasteiger partial charge in [0.15, 0.2) is 0 Å². The molecule has 20 heavy (non-hydrogen) atoms. The van der Waals surface area contributed by atoms with Gasteiger partial charge in [-0.15, -0.1) is 0 Å². The molecule has 0 rings (SSSR count). The first-order chi connectivity index (χ1) is 9.22. The summed E-state index contributed by atoms with van der Waals surface area (Å²) >= 11 is 5.24. The van der Waals surface area contributed by atoms with Gasteiger partial charge in [0.25, 0.3) is 5.17 Å². The second kappa shape index (κ2) is 8.41. The molecule has 0 heterocycles. The first kappa shape index (κ1) is 18.2. The van der Waals surface area contributed by atoms with E-state index in [9.17, 15) is 22.8 Å². The fraction of sp³-hybridized carbons (Fsp3) is 0.500. The SMILES string of the molecule is CCOC(=O)/C=C(\O/N=C(\Cl)C(=O)OCC)C(F)(F)F. The van der Waals surface area contributed by atoms with Gasteiger partial charge in [0.05, 0.1) is 19.3 Å². The third-order valence-electron chi connectivity index (χ3n) is 1.48. The summed E-state index contributed by atoms with van der Waals surface area (Å²) in [6.07, 6.45) is -4.97. The van der Waals surface area contributed by atoms with Gasteiger partial charge < -0.3 is 14.3 Å². The molecule has 0 N–H and O–H groups in total. The number of carbonyl (C=O) groups excluding carboxylic acids is 2. The summed E-state index contributed by atoms with van der Waals surface area (Å²) in [4.78, 5) is 25.8. The van der Waals surface area contributed by atoms with Gasteiger partial charge in [0.2, 0.25) is 5.76 Å². The summed E-state index contributed by atoms with van der Waals surface area (Å²) in [5.74, 6) is -4.22. The second-order valence-corrected chi connectivity index (χ2v) is 3.31. The van der Waals surface area contributed by atoms with Crippen molar-refractivity contribution in [3.63, 3.8) is 0 Å². The molecule has 0 aliphatic carbocycles. The number of hydrogen-bond acceptors (Lipinski definition) is 6. The number of halogens is 4. The Kier molecular flexibility index (Phi) is 7.67. The van der Waals surface area contributed by atoms with Gasteiger partial charge in [0, 0.05) is 0 Å². The first-order valence-corrected chi connectivity index (χ1v) is 5.63. The highest BCUT2D eigenvalue weighted by molar-refractivity contribution is 6.81. The van der Waals surface area contributed by atoms with Crippen LogP contribution in [0.3, 0.4) is 0 Å². The van der Waals surface area contributed by atoms with Crippen LogP contribution in [0, 0.1) is 0 Å². The van der Waals surface area contributed by atoms with E-state index in [1.165, 1.54) is 13.8 Å². The lowest BCUT2D eigenvalue weighted by Gasteiger charge is -2.08. The largest absolute Gasteiger partial charge is 0.463 e. The maximum atomic E-state index is 12.5. The van der Waals surface area contributed by atoms with Crippen LogP contribution in [0.15, 0.2) is 17.0 Å². The fourth-order valence-corrected chi connectivity index (χ4v) is 0.857. The molecule has 0 bridgehead atoms. The molecule has 0 amide bonds. The molecule has 0 spiro atoms. The minimum atomic E-state index is -5.01. The summed E-state index contributed by atoms with van der Waals surface area (Å²) in [5.41, 5.74) is 0. The van der Waals surface area contributed by atoms with Crippen LogP contribution in [0.1, 0.15) is 13.8 Å². The van der Waals surface area contributed by atoms with Crippen molar-refractivity contribution in [2.75, 3.05) is 13.2 Å². The van der Waals surface area contributed by atoms with Crippen LogP contribution in [0.2, 0.25) is 0 Å². The Labute approximate surface area is 117 Å². The van der Waals surface area contributed by atoms with E-state index in [0.717, 1.165) is 0 Å². The van der Waals surface area contributed by atoms with Gasteiger partial charge in [-0.05, 0) is 13.8 Å². The Morgan fingerprint density at radius 3 is 2.20 bits per heavy atom. The highest BCUT2D eigenvalue weighted by atomic mass is 35.5. The van der Waals surface area contributed by atoms with Crippen molar-refractivity contribution in [1.29, 1.82) is 0 Å². The van der Waals surface area contributed by atoms with E-state index in [4.69, 9.17) is 11.6 Å². The summed E-state index contributed by atoms with van der Waals surface area (Å²) in [6, 6.07) is 0. The highest BCUT2D eigenvalue weighted by Crippen LogP contribution is 2.26. The minimum Gasteiger partial charge on any atom is -0.463 e. The van der Waals surface area contributed by atoms with Gasteiger partial charge in [0.1, 0.15) is 0 Å². The quantitative estimate of drug-likeness (QED) is 0.247. The monoisotopic (exact) mass is 317 g/mol. The predicted molar refractivity (Wildman–Crippen MR) is 61.8 cm³/mol. The maximum absolute atomic E-state index is 12.5. The van der Waals surface area contributed by atoms with Gasteiger partial charge in [-0.25, -0.2) is 9.59 Å². The van der Waals surface area contributed by atoms with E-state index in [0.29, 0.717) is 0 Å². The average Bonchev–Trinajstić information content (AvgIpc) is 2.33. The normalized spacial score (nSPS) is 12.9. The van der Waals surface area contributed by atoms with Gasteiger partial charge in [-0.1, -0.05) is 16.8 Å². The van der Waals surface area contributed by atoms with Crippen molar-refractivity contribution in [1.82, 2.24) is 0 Å². The van der Waals surface area contributed by atoms with Crippen molar-refractivity contribution in [2.24, 2.45) is 5.16 Å². The van der Waals surface area contributed by atoms with E-state index in [-0.39, 0.29) is 19.3 Å². The van der Waals surface area contributed by atoms with Crippen LogP contribution in [0.4, 0.5) is 13.2 Å². The zero-order chi connectivity index (χ0) is 15.8. The molecule has 0 atom stereocenters. The Bertz CT molecular complexity index is 420. The van der Waals surface area contributed by atoms with Crippen molar-refractivity contribution < 1.29 is 37.1 Å². The lowest BCUT2D eigenvalue weighted by molar-refractivity contribution is -0.143. The molecule has 0 aliphatic heterocycles. The standard InChI is InChI=1S/C10H11ClF3NO5/c1-3-18-7(16)5-6(10(12,13)14)20-15-8(11)9(17)19-4-2/h5H,3-4H2,1-2H3/b6-5-,15-8-. The molecule has 10 heteroatoms. The molecular formula is C10H11ClF3NO5. The molecule has 0 radical (unpaired) electrons. The number of ether oxygens (including phenoxy) is 2. The number of nitrogens with zero attached hydrogens (tertiary/aromatic N) is 1. The van der Waals surface area contributed by atoms with Gasteiger partial charge in [-0.2, -0.15) is 13.2 Å². The summed E-state index contributed by atoms with van der Waals surface area (Å²) in [5, 5.41) is 1.78. The lowest BCUT2D eigenvalue weighted by atomic mass is 10.4. The number of carbonyl (C=O) groups is 2. The van der Waals surface area contributed by atoms with Crippen molar-refractivity contribution >= 4 is 28.7 Å². The molecule has 6 nitrogen and oxygen atoms in total. The van der Waals surface area contributed by atoms with Gasteiger partial charge in [-0.3, -0.25) is 0 Å². The van der Waals surface area contributed by atoms with Crippen LogP contribution in [0.5, 0.6) is 0 Å². The van der Waals surface area contributed by atoms with E-state index in [1.54, 1.807) is 0 Å². The summed E-state index contributed by atoms with van der Waals surface area (Å²) < 4.78 is 46.1. The predicted octanol–water partition coefficient (Wildman–Crippen LogP) is 2.13. The average molecular weight is 318 g/mol. The molecule has 0 aromatic carbocycles. The van der Waals surface area contributed by atoms with Crippen LogP contribution >= 0.6 is 11.6 Å². The zero-order valence-electron chi connectivity index (χ0n) is 10.5. The second-order valence-electron chi connectivity index (χ2n) is 2.95. The minimum absolute atomic E-state index is 0.0440. The molecule has 0 unspecified atom stereocenters. The Morgan fingerprint density at radius 2 is 1.75 bits per heavy atom. The molecule has 0 fully saturated rings. The van der Waals surface area contributed by atoms with E-state index >= 15 is 0 Å². The Morgan fingerprint density at radius 1 is 1.20 bits per heavy atom. The zero-order valence-corrected chi connectivity index (χ0v) is 11.2. The summed E-state index contributed by atoms with van der Waals surface area (Å²) in [7, 11) is 0. The Balaban J connectivity index is 4.98. The Hall–Kier alpha value is -1.77. The fourth-order valence-electron chi connectivity index (χ4n) is 0.768. The maximum Gasteiger partial charge on any atom is 0.452 e. The van der Waals surface area contributed by atoms with E-state index < -0.39 is 29.0 Å². The van der Waals surface area contributed by atoms with Crippen molar-refractivity contribution in [2.45, 2.75) is 20.0 Å². The third-order valence-corrected chi connectivity index (χ3v) is 1.71. The number of hydrogen-bond donors (Lipinski definition) is 0. The first-order valence-electron chi connectivity index (χ1n) is 5.25. The van der Waals surface area contributed by atoms with Crippen LogP contribution < -0.4 is 0 Å². The van der Waals surface area contributed by atoms with Crippen molar-refractivity contribution in [3.8, 4) is 0 Å². The third kappa shape index (κ3) is 6.98. The van der Waals surface area contributed by atoms with Crippen LogP contribution in [0.25, 0.3) is 0 Å². The molecule has 0 saturated heterocycles. The number of rotatable bonds is 6. The van der Waals surface area contributed by atoms with Crippen LogP contribution in [-0.4, -0.2) is 36.5 Å². The van der Waals surface area contributed by atoms with Gasteiger partial charge >= 0.3 is 18.1 Å². The molecular weight excluding hydrogens is 307 g/mol. The number of alkyl halides is 3. The lowest BCUT2D eigenvalue weighted by Crippen LogP contribution is -2.18. The number of esters is 2. The van der Waals surface area contributed by atoms with E-state index in [2.05, 4.69) is 19.5 Å². The van der Waals surface area contributed by atoms with Crippen molar-refractivity contribution in [3.05, 3.63) is 11.8 Å². The number of oxime groups is 1. The molecule has 0 aromatic heterocycles. The highest BCUT2D eigenvalue weighted by Gasteiger charge is 2.38. The van der Waals surface area contributed by atoms with E-state index in [1.807, 2.05) is 0 Å².